The molecule has 1 aromatic heterocycles. The van der Waals surface area contributed by atoms with E-state index in [1.165, 1.54) is 9.54 Å². The Hall–Kier alpha value is -3.05. The van der Waals surface area contributed by atoms with Gasteiger partial charge < -0.3 is 4.74 Å². The van der Waals surface area contributed by atoms with Crippen molar-refractivity contribution in [3.63, 3.8) is 0 Å². The molecule has 0 unspecified atom stereocenters. The minimum Gasteiger partial charge on any atom is -0.496 e. The molecular weight excluding hydrogens is 394 g/mol. The Morgan fingerprint density at radius 3 is 2.17 bits per heavy atom. The molecule has 0 amide bonds. The molecular formula is C25H25NO3S. The fourth-order valence-electron chi connectivity index (χ4n) is 3.97. The Labute approximate surface area is 177 Å². The molecule has 0 N–H and O–H groups in total. The van der Waals surface area contributed by atoms with Crippen LogP contribution in [0, 0.1) is 6.92 Å². The maximum Gasteiger partial charge on any atom is 0.268 e. The molecule has 0 aliphatic rings. The predicted molar refractivity (Wildman–Crippen MR) is 121 cm³/mol. The van der Waals surface area contributed by atoms with Crippen molar-refractivity contribution in [3.05, 3.63) is 95.2 Å². The summed E-state index contributed by atoms with van der Waals surface area (Å²) in [5.74, 6) is 0.679. The highest BCUT2D eigenvalue weighted by Gasteiger charge is 2.26. The smallest absolute Gasteiger partial charge is 0.268 e. The molecule has 0 saturated heterocycles. The zero-order chi connectivity index (χ0) is 21.3. The average molecular weight is 420 g/mol. The fourth-order valence-corrected chi connectivity index (χ4v) is 5.56. The number of benzene rings is 3. The standard InChI is InChI=1S/C25H25NO3S/c1-4-19-13-15-20(16-14-19)17-22-18(2)26(23-11-8-12-24(29-3)25(22)23)30(27,28)21-9-6-5-7-10-21/h5-16H,4,17H2,1-3H3. The van der Waals surface area contributed by atoms with E-state index >= 15 is 0 Å². The van der Waals surface area contributed by atoms with E-state index in [4.69, 9.17) is 4.74 Å². The molecule has 154 valence electrons. The van der Waals surface area contributed by atoms with Crippen LogP contribution in [0.1, 0.15) is 29.3 Å². The number of methoxy groups -OCH3 is 1. The van der Waals surface area contributed by atoms with Crippen molar-refractivity contribution >= 4 is 20.9 Å². The van der Waals surface area contributed by atoms with E-state index in [0.29, 0.717) is 23.4 Å². The minimum atomic E-state index is -3.74. The molecule has 0 aliphatic carbocycles. The number of rotatable bonds is 6. The Morgan fingerprint density at radius 1 is 0.867 bits per heavy atom. The van der Waals surface area contributed by atoms with Crippen LogP contribution in [-0.2, 0) is 22.9 Å². The van der Waals surface area contributed by atoms with E-state index in [1.54, 1.807) is 31.4 Å². The van der Waals surface area contributed by atoms with Crippen molar-refractivity contribution in [3.8, 4) is 5.75 Å². The van der Waals surface area contributed by atoms with Crippen LogP contribution < -0.4 is 4.74 Å². The number of hydrogen-bond acceptors (Lipinski definition) is 3. The van der Waals surface area contributed by atoms with Gasteiger partial charge in [0.1, 0.15) is 5.75 Å². The van der Waals surface area contributed by atoms with E-state index in [-0.39, 0.29) is 4.90 Å². The van der Waals surface area contributed by atoms with Gasteiger partial charge in [-0.2, -0.15) is 0 Å². The van der Waals surface area contributed by atoms with E-state index in [0.717, 1.165) is 22.9 Å². The van der Waals surface area contributed by atoms with Gasteiger partial charge in [0.05, 0.1) is 17.5 Å². The summed E-state index contributed by atoms with van der Waals surface area (Å²) in [7, 11) is -2.12. The maximum atomic E-state index is 13.5. The van der Waals surface area contributed by atoms with Crippen LogP contribution in [-0.4, -0.2) is 19.5 Å². The quantitative estimate of drug-likeness (QED) is 0.423. The molecule has 3 aromatic carbocycles. The van der Waals surface area contributed by atoms with Crippen LogP contribution in [0.15, 0.2) is 77.7 Å². The van der Waals surface area contributed by atoms with Gasteiger partial charge in [-0.25, -0.2) is 12.4 Å². The molecule has 0 atom stereocenters. The third-order valence-electron chi connectivity index (χ3n) is 5.58. The van der Waals surface area contributed by atoms with Crippen molar-refractivity contribution in [1.82, 2.24) is 3.97 Å². The summed E-state index contributed by atoms with van der Waals surface area (Å²) in [5.41, 5.74) is 4.72. The SMILES string of the molecule is CCc1ccc(Cc2c(C)n(S(=O)(=O)c3ccccc3)c3cccc(OC)c23)cc1. The van der Waals surface area contributed by atoms with Crippen LogP contribution in [0.2, 0.25) is 0 Å². The first-order chi connectivity index (χ1) is 14.5. The molecule has 0 bridgehead atoms. The molecule has 1 heterocycles. The maximum absolute atomic E-state index is 13.5. The second-order valence-corrected chi connectivity index (χ2v) is 9.13. The summed E-state index contributed by atoms with van der Waals surface area (Å²) in [4.78, 5) is 0.270. The molecule has 0 radical (unpaired) electrons. The Morgan fingerprint density at radius 2 is 1.53 bits per heavy atom. The van der Waals surface area contributed by atoms with Gasteiger partial charge in [-0.15, -0.1) is 0 Å². The number of hydrogen-bond donors (Lipinski definition) is 0. The first kappa shape index (κ1) is 20.2. The topological polar surface area (TPSA) is 48.3 Å². The van der Waals surface area contributed by atoms with Gasteiger partial charge in [0.2, 0.25) is 0 Å². The highest BCUT2D eigenvalue weighted by atomic mass is 32.2. The summed E-state index contributed by atoms with van der Waals surface area (Å²) in [6.07, 6.45) is 1.62. The number of ether oxygens (including phenoxy) is 1. The Bertz CT molecular complexity index is 1290. The van der Waals surface area contributed by atoms with Crippen LogP contribution in [0.25, 0.3) is 10.9 Å². The number of fused-ring (bicyclic) bond motifs is 1. The largest absolute Gasteiger partial charge is 0.496 e. The summed E-state index contributed by atoms with van der Waals surface area (Å²) >= 11 is 0. The lowest BCUT2D eigenvalue weighted by Crippen LogP contribution is -2.14. The van der Waals surface area contributed by atoms with Gasteiger partial charge in [0.15, 0.2) is 0 Å². The summed E-state index contributed by atoms with van der Waals surface area (Å²) in [5, 5.41) is 0.844. The number of aromatic nitrogens is 1. The first-order valence-electron chi connectivity index (χ1n) is 10.0. The lowest BCUT2D eigenvalue weighted by atomic mass is 10.00. The molecule has 5 heteroatoms. The third-order valence-corrected chi connectivity index (χ3v) is 7.40. The fraction of sp³-hybridized carbons (Fsp3) is 0.200. The Kier molecular flexibility index (Phi) is 5.39. The van der Waals surface area contributed by atoms with Crippen LogP contribution >= 0.6 is 0 Å². The second kappa shape index (κ2) is 8.00. The van der Waals surface area contributed by atoms with Crippen LogP contribution in [0.5, 0.6) is 5.75 Å². The van der Waals surface area contributed by atoms with E-state index in [1.807, 2.05) is 31.2 Å². The van der Waals surface area contributed by atoms with Gasteiger partial charge in [-0.1, -0.05) is 55.5 Å². The highest BCUT2D eigenvalue weighted by molar-refractivity contribution is 7.90. The first-order valence-corrected chi connectivity index (χ1v) is 11.5. The van der Waals surface area contributed by atoms with Crippen LogP contribution in [0.3, 0.4) is 0 Å². The minimum absolute atomic E-state index is 0.270. The average Bonchev–Trinajstić information content (AvgIpc) is 3.07. The third kappa shape index (κ3) is 3.39. The van der Waals surface area contributed by atoms with E-state index in [2.05, 4.69) is 31.2 Å². The van der Waals surface area contributed by atoms with E-state index in [9.17, 15) is 8.42 Å². The normalized spacial score (nSPS) is 11.7. The lowest BCUT2D eigenvalue weighted by Gasteiger charge is -2.10. The zero-order valence-electron chi connectivity index (χ0n) is 17.4. The van der Waals surface area contributed by atoms with Gasteiger partial charge >= 0.3 is 0 Å². The van der Waals surface area contributed by atoms with Crippen molar-refractivity contribution in [2.24, 2.45) is 0 Å². The van der Waals surface area contributed by atoms with Gasteiger partial charge in [-0.3, -0.25) is 0 Å². The summed E-state index contributed by atoms with van der Waals surface area (Å²) in [6.45, 7) is 4.00. The predicted octanol–water partition coefficient (Wildman–Crippen LogP) is 5.35. The number of nitrogens with zero attached hydrogens (tertiary/aromatic N) is 1. The Balaban J connectivity index is 1.96. The monoisotopic (exact) mass is 419 g/mol. The molecule has 0 fully saturated rings. The molecule has 0 aliphatic heterocycles. The van der Waals surface area contributed by atoms with E-state index < -0.39 is 10.0 Å². The van der Waals surface area contributed by atoms with Gasteiger partial charge in [0, 0.05) is 11.1 Å². The highest BCUT2D eigenvalue weighted by Crippen LogP contribution is 2.37. The second-order valence-electron chi connectivity index (χ2n) is 7.35. The summed E-state index contributed by atoms with van der Waals surface area (Å²) in [6, 6.07) is 22.6. The molecule has 4 rings (SSSR count). The molecule has 4 aromatic rings. The van der Waals surface area contributed by atoms with Gasteiger partial charge in [-0.05, 0) is 60.7 Å². The van der Waals surface area contributed by atoms with Crippen molar-refractivity contribution in [1.29, 1.82) is 0 Å². The molecule has 30 heavy (non-hydrogen) atoms. The molecule has 0 spiro atoms. The molecule has 0 saturated carbocycles. The summed E-state index contributed by atoms with van der Waals surface area (Å²) < 4.78 is 34.2. The van der Waals surface area contributed by atoms with Crippen molar-refractivity contribution in [2.45, 2.75) is 31.6 Å². The number of aryl methyl sites for hydroxylation is 1. The zero-order valence-corrected chi connectivity index (χ0v) is 18.2. The van der Waals surface area contributed by atoms with Crippen molar-refractivity contribution < 1.29 is 13.2 Å². The van der Waals surface area contributed by atoms with Crippen LogP contribution in [0.4, 0.5) is 0 Å². The van der Waals surface area contributed by atoms with Crippen molar-refractivity contribution in [2.75, 3.05) is 7.11 Å². The van der Waals surface area contributed by atoms with Gasteiger partial charge in [0.25, 0.3) is 10.0 Å². The molecule has 4 nitrogen and oxygen atoms in total. The lowest BCUT2D eigenvalue weighted by molar-refractivity contribution is 0.419.